The maximum Gasteiger partial charge on any atom is 0.244 e. The van der Waals surface area contributed by atoms with Crippen molar-refractivity contribution in [1.29, 1.82) is 0 Å². The summed E-state index contributed by atoms with van der Waals surface area (Å²) in [6.07, 6.45) is -0.297. The van der Waals surface area contributed by atoms with Crippen LogP contribution in [0.2, 0.25) is 0 Å². The highest BCUT2D eigenvalue weighted by molar-refractivity contribution is 6.32. The molecular formula is C14H18ClN3O2. The quantitative estimate of drug-likeness (QED) is 0.801. The second-order valence-corrected chi connectivity index (χ2v) is 5.32. The third-order valence-corrected chi connectivity index (χ3v) is 3.22. The number of hydrogen-bond acceptors (Lipinski definition) is 4. The summed E-state index contributed by atoms with van der Waals surface area (Å²) in [5, 5.41) is 5.29. The van der Waals surface area contributed by atoms with Crippen LogP contribution in [0.15, 0.2) is 35.4 Å². The first kappa shape index (κ1) is 14.7. The molecule has 0 aromatic heterocycles. The monoisotopic (exact) mass is 295 g/mol. The van der Waals surface area contributed by atoms with Crippen LogP contribution in [0.1, 0.15) is 13.8 Å². The van der Waals surface area contributed by atoms with Gasteiger partial charge in [-0.25, -0.2) is 0 Å². The number of halogens is 1. The summed E-state index contributed by atoms with van der Waals surface area (Å²) in [7, 11) is 1.82. The standard InChI is InChI=1S/C14H18ClN3O2/c1-10(15)14(19)18(12-7-5-4-6-8-12)9-13-17(3)16-11(2)20-13/h4-8,10,13H,9H2,1-3H3. The minimum Gasteiger partial charge on any atom is -0.453 e. The predicted molar refractivity (Wildman–Crippen MR) is 79.9 cm³/mol. The fraction of sp³-hybridized carbons (Fsp3) is 0.429. The number of rotatable bonds is 4. The van der Waals surface area contributed by atoms with Gasteiger partial charge < -0.3 is 9.64 Å². The van der Waals surface area contributed by atoms with Gasteiger partial charge in [-0.1, -0.05) is 18.2 Å². The van der Waals surface area contributed by atoms with E-state index in [1.165, 1.54) is 0 Å². The molecule has 1 heterocycles. The van der Waals surface area contributed by atoms with Crippen molar-refractivity contribution in [3.05, 3.63) is 30.3 Å². The number of amides is 1. The second-order valence-electron chi connectivity index (χ2n) is 4.67. The molecule has 20 heavy (non-hydrogen) atoms. The van der Waals surface area contributed by atoms with Crippen LogP contribution in [0.25, 0.3) is 0 Å². The Morgan fingerprint density at radius 2 is 2.15 bits per heavy atom. The molecule has 6 heteroatoms. The number of alkyl halides is 1. The summed E-state index contributed by atoms with van der Waals surface area (Å²) >= 11 is 5.95. The van der Waals surface area contributed by atoms with Gasteiger partial charge in [0.15, 0.2) is 0 Å². The molecule has 0 fully saturated rings. The summed E-state index contributed by atoms with van der Waals surface area (Å²) in [5.74, 6) is 0.441. The van der Waals surface area contributed by atoms with Gasteiger partial charge in [-0.15, -0.1) is 16.7 Å². The van der Waals surface area contributed by atoms with Crippen molar-refractivity contribution in [3.8, 4) is 0 Å². The molecule has 0 radical (unpaired) electrons. The Morgan fingerprint density at radius 1 is 1.50 bits per heavy atom. The predicted octanol–water partition coefficient (Wildman–Crippen LogP) is 2.27. The van der Waals surface area contributed by atoms with Crippen molar-refractivity contribution in [3.63, 3.8) is 0 Å². The molecule has 0 spiro atoms. The number of benzene rings is 1. The number of likely N-dealkylation sites (N-methyl/N-ethyl adjacent to an activating group) is 1. The number of ether oxygens (including phenoxy) is 1. The van der Waals surface area contributed by atoms with Crippen molar-refractivity contribution >= 4 is 29.1 Å². The number of anilines is 1. The van der Waals surface area contributed by atoms with Crippen molar-refractivity contribution < 1.29 is 9.53 Å². The van der Waals surface area contributed by atoms with E-state index in [0.29, 0.717) is 12.4 Å². The van der Waals surface area contributed by atoms with Crippen LogP contribution >= 0.6 is 11.6 Å². The van der Waals surface area contributed by atoms with E-state index in [9.17, 15) is 4.79 Å². The van der Waals surface area contributed by atoms with E-state index in [4.69, 9.17) is 16.3 Å². The van der Waals surface area contributed by atoms with E-state index in [1.807, 2.05) is 37.4 Å². The first-order valence-corrected chi connectivity index (χ1v) is 6.88. The molecule has 5 nitrogen and oxygen atoms in total. The highest BCUT2D eigenvalue weighted by Gasteiger charge is 2.29. The zero-order valence-electron chi connectivity index (χ0n) is 11.8. The van der Waals surface area contributed by atoms with Crippen molar-refractivity contribution in [1.82, 2.24) is 5.01 Å². The van der Waals surface area contributed by atoms with Crippen LogP contribution < -0.4 is 4.90 Å². The van der Waals surface area contributed by atoms with E-state index in [1.54, 1.807) is 23.8 Å². The van der Waals surface area contributed by atoms with E-state index in [0.717, 1.165) is 5.69 Å². The Kier molecular flexibility index (Phi) is 4.49. The molecule has 0 N–H and O–H groups in total. The molecule has 2 atom stereocenters. The Hall–Kier alpha value is -1.75. The molecule has 1 aliphatic heterocycles. The topological polar surface area (TPSA) is 45.1 Å². The maximum absolute atomic E-state index is 12.3. The average Bonchev–Trinajstić information content (AvgIpc) is 2.74. The third-order valence-electron chi connectivity index (χ3n) is 3.03. The number of carbonyl (C=O) groups is 1. The molecule has 1 aliphatic rings. The molecule has 1 aromatic carbocycles. The molecule has 2 rings (SSSR count). The van der Waals surface area contributed by atoms with Gasteiger partial charge in [-0.2, -0.15) is 0 Å². The zero-order valence-corrected chi connectivity index (χ0v) is 12.5. The van der Waals surface area contributed by atoms with Gasteiger partial charge in [0, 0.05) is 19.7 Å². The summed E-state index contributed by atoms with van der Waals surface area (Å²) in [6.45, 7) is 3.83. The highest BCUT2D eigenvalue weighted by atomic mass is 35.5. The highest BCUT2D eigenvalue weighted by Crippen LogP contribution is 2.20. The minimum absolute atomic E-state index is 0.153. The lowest BCUT2D eigenvalue weighted by molar-refractivity contribution is -0.118. The van der Waals surface area contributed by atoms with Crippen LogP contribution in [0.5, 0.6) is 0 Å². The van der Waals surface area contributed by atoms with Gasteiger partial charge in [-0.05, 0) is 19.1 Å². The molecule has 0 saturated heterocycles. The van der Waals surface area contributed by atoms with Crippen LogP contribution in [0.4, 0.5) is 5.69 Å². The summed E-state index contributed by atoms with van der Waals surface area (Å²) in [5.41, 5.74) is 0.798. The Labute approximate surface area is 123 Å². The molecule has 0 bridgehead atoms. The number of hydrazone groups is 1. The van der Waals surface area contributed by atoms with Crippen LogP contribution in [0, 0.1) is 0 Å². The first-order valence-electron chi connectivity index (χ1n) is 6.44. The first-order chi connectivity index (χ1) is 9.49. The molecule has 0 saturated carbocycles. The van der Waals surface area contributed by atoms with Crippen molar-refractivity contribution in [2.75, 3.05) is 18.5 Å². The molecule has 0 aliphatic carbocycles. The van der Waals surface area contributed by atoms with Crippen LogP contribution in [-0.4, -0.2) is 42.0 Å². The number of carbonyl (C=O) groups excluding carboxylic acids is 1. The molecule has 1 aromatic rings. The normalized spacial score (nSPS) is 19.3. The molecule has 1 amide bonds. The SMILES string of the molecule is CC1=NN(C)C(CN(C(=O)C(C)Cl)c2ccccc2)O1. The second kappa shape index (κ2) is 6.13. The lowest BCUT2D eigenvalue weighted by Gasteiger charge is -2.28. The van der Waals surface area contributed by atoms with Crippen molar-refractivity contribution in [2.45, 2.75) is 25.5 Å². The molecule has 108 valence electrons. The van der Waals surface area contributed by atoms with E-state index < -0.39 is 5.38 Å². The fourth-order valence-electron chi connectivity index (χ4n) is 2.04. The fourth-order valence-corrected chi connectivity index (χ4v) is 2.16. The van der Waals surface area contributed by atoms with Gasteiger partial charge in [0.1, 0.15) is 5.38 Å². The Bertz CT molecular complexity index is 504. The van der Waals surface area contributed by atoms with Crippen LogP contribution in [-0.2, 0) is 9.53 Å². The minimum atomic E-state index is -0.594. The molecule has 2 unspecified atom stereocenters. The van der Waals surface area contributed by atoms with Gasteiger partial charge in [-0.3, -0.25) is 9.80 Å². The summed E-state index contributed by atoms with van der Waals surface area (Å²) in [6, 6.07) is 9.42. The largest absolute Gasteiger partial charge is 0.453 e. The Balaban J connectivity index is 2.18. The number of hydrogen-bond donors (Lipinski definition) is 0. The van der Waals surface area contributed by atoms with E-state index in [2.05, 4.69) is 5.10 Å². The Morgan fingerprint density at radius 3 is 2.65 bits per heavy atom. The molecular weight excluding hydrogens is 278 g/mol. The zero-order chi connectivity index (χ0) is 14.7. The van der Waals surface area contributed by atoms with E-state index >= 15 is 0 Å². The van der Waals surface area contributed by atoms with Gasteiger partial charge in [0.05, 0.1) is 6.54 Å². The lowest BCUT2D eigenvalue weighted by atomic mass is 10.2. The van der Waals surface area contributed by atoms with Crippen molar-refractivity contribution in [2.24, 2.45) is 5.10 Å². The maximum atomic E-state index is 12.3. The average molecular weight is 296 g/mol. The van der Waals surface area contributed by atoms with Gasteiger partial charge in [0.25, 0.3) is 0 Å². The van der Waals surface area contributed by atoms with Crippen LogP contribution in [0.3, 0.4) is 0 Å². The lowest BCUT2D eigenvalue weighted by Crippen LogP contribution is -2.44. The summed E-state index contributed by atoms with van der Waals surface area (Å²) in [4.78, 5) is 13.9. The van der Waals surface area contributed by atoms with E-state index in [-0.39, 0.29) is 12.1 Å². The van der Waals surface area contributed by atoms with Gasteiger partial charge in [0.2, 0.25) is 18.0 Å². The number of para-hydroxylation sites is 1. The smallest absolute Gasteiger partial charge is 0.244 e. The third kappa shape index (κ3) is 3.22. The number of nitrogens with zero attached hydrogens (tertiary/aromatic N) is 3. The summed E-state index contributed by atoms with van der Waals surface area (Å²) < 4.78 is 5.59. The van der Waals surface area contributed by atoms with Gasteiger partial charge >= 0.3 is 0 Å².